The number of nitrogens with zero attached hydrogens (tertiary/aromatic N) is 1. The van der Waals surface area contributed by atoms with Crippen LogP contribution in [0.25, 0.3) is 0 Å². The zero-order chi connectivity index (χ0) is 20.3. The summed E-state index contributed by atoms with van der Waals surface area (Å²) in [7, 11) is 1.43. The van der Waals surface area contributed by atoms with E-state index in [9.17, 15) is 22.8 Å². The predicted molar refractivity (Wildman–Crippen MR) is 98.6 cm³/mol. The molecule has 1 aliphatic rings. The van der Waals surface area contributed by atoms with Crippen molar-refractivity contribution in [3.05, 3.63) is 53.6 Å². The van der Waals surface area contributed by atoms with Gasteiger partial charge in [0, 0.05) is 24.7 Å². The number of rotatable bonds is 4. The zero-order valence-corrected chi connectivity index (χ0v) is 15.2. The van der Waals surface area contributed by atoms with Crippen LogP contribution in [0.2, 0.25) is 0 Å². The van der Waals surface area contributed by atoms with E-state index in [-0.39, 0.29) is 11.6 Å². The summed E-state index contributed by atoms with van der Waals surface area (Å²) in [5.74, 6) is -0.533. The van der Waals surface area contributed by atoms with Crippen LogP contribution in [0.5, 0.6) is 5.75 Å². The van der Waals surface area contributed by atoms with Crippen molar-refractivity contribution < 1.29 is 27.5 Å². The maximum absolute atomic E-state index is 13.1. The summed E-state index contributed by atoms with van der Waals surface area (Å²) in [5, 5.41) is 2.46. The molecule has 1 aliphatic heterocycles. The molecule has 1 N–H and O–H groups in total. The minimum atomic E-state index is -4.63. The van der Waals surface area contributed by atoms with Gasteiger partial charge in [-0.1, -0.05) is 12.1 Å². The number of amides is 2. The fourth-order valence-corrected chi connectivity index (χ4v) is 3.17. The van der Waals surface area contributed by atoms with Gasteiger partial charge >= 0.3 is 6.18 Å². The van der Waals surface area contributed by atoms with Gasteiger partial charge in [-0.25, -0.2) is 0 Å². The van der Waals surface area contributed by atoms with Crippen LogP contribution in [-0.2, 0) is 11.0 Å². The molecule has 1 fully saturated rings. The number of hydrogen-bond acceptors (Lipinski definition) is 3. The molecule has 148 valence electrons. The van der Waals surface area contributed by atoms with E-state index in [1.165, 1.54) is 31.4 Å². The van der Waals surface area contributed by atoms with Gasteiger partial charge in [0.15, 0.2) is 0 Å². The molecule has 3 rings (SSSR count). The van der Waals surface area contributed by atoms with Gasteiger partial charge in [0.05, 0.1) is 23.9 Å². The number of carbonyl (C=O) groups excluding carboxylic acids is 2. The summed E-state index contributed by atoms with van der Waals surface area (Å²) in [5.41, 5.74) is -0.632. The molecule has 1 saturated heterocycles. The molecule has 0 unspecified atom stereocenters. The van der Waals surface area contributed by atoms with Crippen LogP contribution in [0.15, 0.2) is 42.5 Å². The Morgan fingerprint density at radius 1 is 1.14 bits per heavy atom. The van der Waals surface area contributed by atoms with E-state index in [4.69, 9.17) is 4.74 Å². The van der Waals surface area contributed by atoms with Crippen LogP contribution in [0, 0.1) is 0 Å². The highest BCUT2D eigenvalue weighted by Crippen LogP contribution is 2.35. The molecule has 28 heavy (non-hydrogen) atoms. The Balaban J connectivity index is 1.86. The molecule has 8 heteroatoms. The highest BCUT2D eigenvalue weighted by molar-refractivity contribution is 6.06. The van der Waals surface area contributed by atoms with Gasteiger partial charge in [-0.3, -0.25) is 9.59 Å². The lowest BCUT2D eigenvalue weighted by molar-refractivity contribution is -0.137. The molecule has 0 aromatic heterocycles. The Kier molecular flexibility index (Phi) is 5.58. The fraction of sp³-hybridized carbons (Fsp3) is 0.300. The van der Waals surface area contributed by atoms with Gasteiger partial charge in [-0.15, -0.1) is 0 Å². The van der Waals surface area contributed by atoms with Gasteiger partial charge < -0.3 is 15.0 Å². The number of nitrogens with one attached hydrogen (secondary N) is 1. The van der Waals surface area contributed by atoms with Crippen molar-refractivity contribution in [3.63, 3.8) is 0 Å². The van der Waals surface area contributed by atoms with Gasteiger partial charge in [0.1, 0.15) is 5.75 Å². The molecule has 0 spiro atoms. The quantitative estimate of drug-likeness (QED) is 0.835. The Morgan fingerprint density at radius 3 is 2.57 bits per heavy atom. The Hall–Kier alpha value is -3.03. The summed E-state index contributed by atoms with van der Waals surface area (Å²) < 4.78 is 44.7. The predicted octanol–water partition coefficient (Wildman–Crippen LogP) is 4.48. The molecule has 2 aromatic rings. The summed E-state index contributed by atoms with van der Waals surface area (Å²) in [6, 6.07) is 9.23. The van der Waals surface area contributed by atoms with Crippen LogP contribution >= 0.6 is 0 Å². The Bertz CT molecular complexity index is 897. The van der Waals surface area contributed by atoms with E-state index in [1.54, 1.807) is 11.0 Å². The number of anilines is 2. The van der Waals surface area contributed by atoms with Crippen LogP contribution in [-0.4, -0.2) is 25.5 Å². The Morgan fingerprint density at radius 2 is 1.89 bits per heavy atom. The molecule has 0 radical (unpaired) electrons. The molecule has 0 aliphatic carbocycles. The minimum absolute atomic E-state index is 0.0135. The van der Waals surface area contributed by atoms with E-state index in [1.807, 2.05) is 0 Å². The molecule has 5 nitrogen and oxygen atoms in total. The molecule has 0 atom stereocenters. The summed E-state index contributed by atoms with van der Waals surface area (Å²) in [6.07, 6.45) is -2.47. The SMILES string of the molecule is COc1cc(NC(=O)c2ccccc2C(F)(F)F)ccc1N1CCCCC1=O. The first kappa shape index (κ1) is 19.7. The summed E-state index contributed by atoms with van der Waals surface area (Å²) >= 11 is 0. The fourth-order valence-electron chi connectivity index (χ4n) is 3.17. The number of carbonyl (C=O) groups is 2. The minimum Gasteiger partial charge on any atom is -0.494 e. The maximum Gasteiger partial charge on any atom is 0.417 e. The molecule has 0 bridgehead atoms. The topological polar surface area (TPSA) is 58.6 Å². The largest absolute Gasteiger partial charge is 0.494 e. The average molecular weight is 392 g/mol. The Labute approximate surface area is 160 Å². The monoisotopic (exact) mass is 392 g/mol. The van der Waals surface area contributed by atoms with Crippen molar-refractivity contribution in [2.45, 2.75) is 25.4 Å². The van der Waals surface area contributed by atoms with Crippen LogP contribution in [0.4, 0.5) is 24.5 Å². The van der Waals surface area contributed by atoms with E-state index in [0.29, 0.717) is 24.4 Å². The zero-order valence-electron chi connectivity index (χ0n) is 15.2. The first-order chi connectivity index (χ1) is 13.3. The number of benzene rings is 2. The molecule has 2 amide bonds. The number of methoxy groups -OCH3 is 1. The van der Waals surface area contributed by atoms with E-state index in [2.05, 4.69) is 5.32 Å². The van der Waals surface area contributed by atoms with Crippen molar-refractivity contribution in [3.8, 4) is 5.75 Å². The number of hydrogen-bond donors (Lipinski definition) is 1. The molecular weight excluding hydrogens is 373 g/mol. The van der Waals surface area contributed by atoms with E-state index < -0.39 is 23.2 Å². The van der Waals surface area contributed by atoms with Crippen LogP contribution in [0.3, 0.4) is 0 Å². The third kappa shape index (κ3) is 4.11. The van der Waals surface area contributed by atoms with Gasteiger partial charge in [0.2, 0.25) is 5.91 Å². The van der Waals surface area contributed by atoms with Crippen LogP contribution < -0.4 is 15.0 Å². The third-order valence-corrected chi connectivity index (χ3v) is 4.53. The standard InChI is InChI=1S/C20H19F3N2O3/c1-28-17-12-13(9-10-16(17)25-11-5-4-8-18(25)26)24-19(27)14-6-2-3-7-15(14)20(21,22)23/h2-3,6-7,9-10,12H,4-5,8,11H2,1H3,(H,24,27). The summed E-state index contributed by atoms with van der Waals surface area (Å²) in [6.45, 7) is 0.569. The number of ether oxygens (including phenoxy) is 1. The smallest absolute Gasteiger partial charge is 0.417 e. The van der Waals surface area contributed by atoms with Gasteiger partial charge in [-0.2, -0.15) is 13.2 Å². The second-order valence-corrected chi connectivity index (χ2v) is 6.39. The molecule has 2 aromatic carbocycles. The molecule has 0 saturated carbocycles. The second kappa shape index (κ2) is 7.92. The summed E-state index contributed by atoms with van der Waals surface area (Å²) in [4.78, 5) is 26.2. The highest BCUT2D eigenvalue weighted by atomic mass is 19.4. The highest BCUT2D eigenvalue weighted by Gasteiger charge is 2.35. The lowest BCUT2D eigenvalue weighted by Gasteiger charge is -2.28. The second-order valence-electron chi connectivity index (χ2n) is 6.39. The molecule has 1 heterocycles. The van der Waals surface area contributed by atoms with Crippen molar-refractivity contribution >= 4 is 23.2 Å². The molecular formula is C20H19F3N2O3. The van der Waals surface area contributed by atoms with Crippen molar-refractivity contribution in [2.75, 3.05) is 23.9 Å². The number of piperidine rings is 1. The third-order valence-electron chi connectivity index (χ3n) is 4.53. The lowest BCUT2D eigenvalue weighted by Crippen LogP contribution is -2.35. The van der Waals surface area contributed by atoms with Crippen molar-refractivity contribution in [1.82, 2.24) is 0 Å². The average Bonchev–Trinajstić information content (AvgIpc) is 2.68. The van der Waals surface area contributed by atoms with Crippen molar-refractivity contribution in [1.29, 1.82) is 0 Å². The number of alkyl halides is 3. The van der Waals surface area contributed by atoms with Gasteiger partial charge in [0.25, 0.3) is 5.91 Å². The lowest BCUT2D eigenvalue weighted by atomic mass is 10.1. The first-order valence-electron chi connectivity index (χ1n) is 8.77. The van der Waals surface area contributed by atoms with Gasteiger partial charge in [-0.05, 0) is 37.1 Å². The van der Waals surface area contributed by atoms with E-state index in [0.717, 1.165) is 25.0 Å². The normalized spacial score (nSPS) is 14.7. The van der Waals surface area contributed by atoms with E-state index >= 15 is 0 Å². The van der Waals surface area contributed by atoms with Crippen molar-refractivity contribution in [2.24, 2.45) is 0 Å². The first-order valence-corrected chi connectivity index (χ1v) is 8.77. The number of halogens is 3. The van der Waals surface area contributed by atoms with Crippen LogP contribution in [0.1, 0.15) is 35.2 Å². The maximum atomic E-state index is 13.1.